The highest BCUT2D eigenvalue weighted by molar-refractivity contribution is 5.97. The van der Waals surface area contributed by atoms with E-state index >= 15 is 0 Å². The van der Waals surface area contributed by atoms with Crippen LogP contribution in [-0.4, -0.2) is 44.0 Å². The number of carbonyl (C=O) groups excluding carboxylic acids is 1. The smallest absolute Gasteiger partial charge is 0.166 e. The van der Waals surface area contributed by atoms with Crippen LogP contribution in [0.3, 0.4) is 0 Å². The van der Waals surface area contributed by atoms with E-state index in [0.29, 0.717) is 17.1 Å². The second-order valence-corrected chi connectivity index (χ2v) is 10.4. The molecule has 5 nitrogen and oxygen atoms in total. The molecule has 0 saturated carbocycles. The largest absolute Gasteiger partial charge is 0.493 e. The van der Waals surface area contributed by atoms with Crippen molar-refractivity contribution >= 4 is 5.78 Å². The number of hydrogen-bond donors (Lipinski definition) is 0. The summed E-state index contributed by atoms with van der Waals surface area (Å²) in [5, 5.41) is 11.1. The first-order valence-corrected chi connectivity index (χ1v) is 14.1. The van der Waals surface area contributed by atoms with E-state index in [4.69, 9.17) is 9.47 Å². The van der Waals surface area contributed by atoms with E-state index in [1.807, 2.05) is 18.2 Å². The van der Waals surface area contributed by atoms with Crippen LogP contribution in [0.1, 0.15) is 81.6 Å². The number of Topliss-reactive ketones (excluding diaryl/α,β-unsaturated/α-hetero) is 1. The molecule has 206 valence electrons. The number of methoxy groups -OCH3 is 2. The molecule has 0 N–H and O–H groups in total. The van der Waals surface area contributed by atoms with Crippen molar-refractivity contribution < 1.29 is 18.7 Å². The number of ketones is 1. The quantitative estimate of drug-likeness (QED) is 0.260. The van der Waals surface area contributed by atoms with Crippen molar-refractivity contribution in [3.8, 4) is 17.6 Å². The molecule has 0 aliphatic carbocycles. The minimum absolute atomic E-state index is 0.00410. The summed E-state index contributed by atoms with van der Waals surface area (Å²) < 4.78 is 24.5. The topological polar surface area (TPSA) is 62.6 Å². The first-order chi connectivity index (χ1) is 18.4. The van der Waals surface area contributed by atoms with E-state index in [9.17, 15) is 14.4 Å². The fourth-order valence-corrected chi connectivity index (χ4v) is 6.51. The van der Waals surface area contributed by atoms with Gasteiger partial charge in [0.25, 0.3) is 0 Å². The molecule has 0 bridgehead atoms. The average Bonchev–Trinajstić information content (AvgIpc) is 2.95. The highest BCUT2D eigenvalue weighted by atomic mass is 19.1. The lowest BCUT2D eigenvalue weighted by Crippen LogP contribution is -2.56. The van der Waals surface area contributed by atoms with Gasteiger partial charge in [-0.1, -0.05) is 39.7 Å². The Morgan fingerprint density at radius 3 is 2.13 bits per heavy atom. The van der Waals surface area contributed by atoms with Gasteiger partial charge in [-0.3, -0.25) is 9.69 Å². The zero-order chi connectivity index (χ0) is 27.7. The first-order valence-electron chi connectivity index (χ1n) is 14.1. The Morgan fingerprint density at radius 1 is 1.03 bits per heavy atom. The van der Waals surface area contributed by atoms with Crippen LogP contribution in [-0.2, 0) is 5.41 Å². The maximum atomic E-state index is 13.4. The third kappa shape index (κ3) is 6.04. The lowest BCUT2D eigenvalue weighted by atomic mass is 9.62. The Bertz CT molecular complexity index is 1080. The predicted octanol–water partition coefficient (Wildman–Crippen LogP) is 7.19. The summed E-state index contributed by atoms with van der Waals surface area (Å²) in [7, 11) is 3.25. The lowest BCUT2D eigenvalue weighted by Gasteiger charge is -2.48. The molecule has 0 amide bonds. The summed E-state index contributed by atoms with van der Waals surface area (Å²) in [6, 6.07) is 14.7. The number of benzene rings is 2. The minimum atomic E-state index is -0.728. The number of carbonyl (C=O) groups is 1. The molecule has 2 aromatic rings. The molecular weight excluding hydrogens is 479 g/mol. The first kappa shape index (κ1) is 29.6. The van der Waals surface area contributed by atoms with Crippen molar-refractivity contribution in [2.24, 2.45) is 11.8 Å². The van der Waals surface area contributed by atoms with Crippen molar-refractivity contribution in [1.82, 2.24) is 4.90 Å². The van der Waals surface area contributed by atoms with Crippen LogP contribution in [0.5, 0.6) is 11.5 Å². The SMILES string of the molecule is CCCC(CCC)C(C#N)(c1ccc(OC)c(OC)c1)C(CC)N1CCC(C(=O)c2ccc(F)cc2)CC1. The van der Waals surface area contributed by atoms with E-state index in [1.54, 1.807) is 26.4 Å². The maximum Gasteiger partial charge on any atom is 0.166 e. The zero-order valence-electron chi connectivity index (χ0n) is 23.6. The van der Waals surface area contributed by atoms with Crippen LogP contribution >= 0.6 is 0 Å². The Hall–Kier alpha value is -2.91. The van der Waals surface area contributed by atoms with Gasteiger partial charge in [-0.15, -0.1) is 0 Å². The average molecular weight is 523 g/mol. The van der Waals surface area contributed by atoms with E-state index in [2.05, 4.69) is 31.7 Å². The van der Waals surface area contributed by atoms with Gasteiger partial charge in [-0.05, 0) is 93.1 Å². The van der Waals surface area contributed by atoms with E-state index in [-0.39, 0.29) is 29.5 Å². The molecule has 0 radical (unpaired) electrons. The van der Waals surface area contributed by atoms with Crippen molar-refractivity contribution in [2.75, 3.05) is 27.3 Å². The number of piperidine rings is 1. The van der Waals surface area contributed by atoms with E-state index in [1.165, 1.54) is 12.1 Å². The number of hydrogen-bond acceptors (Lipinski definition) is 5. The van der Waals surface area contributed by atoms with E-state index < -0.39 is 5.41 Å². The highest BCUT2D eigenvalue weighted by Gasteiger charge is 2.49. The molecule has 1 fully saturated rings. The Labute approximate surface area is 227 Å². The van der Waals surface area contributed by atoms with Gasteiger partial charge in [-0.2, -0.15) is 5.26 Å². The van der Waals surface area contributed by atoms with Crippen LogP contribution in [0.2, 0.25) is 0 Å². The van der Waals surface area contributed by atoms with Gasteiger partial charge in [-0.25, -0.2) is 4.39 Å². The van der Waals surface area contributed by atoms with Gasteiger partial charge in [0, 0.05) is 17.5 Å². The van der Waals surface area contributed by atoms with Crippen molar-refractivity contribution in [2.45, 2.75) is 77.2 Å². The number of nitrogens with zero attached hydrogens (tertiary/aromatic N) is 2. The summed E-state index contributed by atoms with van der Waals surface area (Å²) in [5.41, 5.74) is 0.814. The third-order valence-corrected chi connectivity index (χ3v) is 8.35. The number of halogens is 1. The monoisotopic (exact) mass is 522 g/mol. The summed E-state index contributed by atoms with van der Waals surface area (Å²) in [5.74, 6) is 1.13. The predicted molar refractivity (Wildman–Crippen MR) is 149 cm³/mol. The summed E-state index contributed by atoms with van der Waals surface area (Å²) in [6.45, 7) is 8.04. The Balaban J connectivity index is 1.97. The minimum Gasteiger partial charge on any atom is -0.493 e. The van der Waals surface area contributed by atoms with Crippen molar-refractivity contribution in [1.29, 1.82) is 5.26 Å². The fraction of sp³-hybridized carbons (Fsp3) is 0.562. The van der Waals surface area contributed by atoms with Crippen LogP contribution in [0, 0.1) is 29.0 Å². The van der Waals surface area contributed by atoms with Crippen LogP contribution in [0.25, 0.3) is 0 Å². The Kier molecular flexibility index (Phi) is 10.7. The normalized spacial score (nSPS) is 17.0. The maximum absolute atomic E-state index is 13.4. The summed E-state index contributed by atoms with van der Waals surface area (Å²) in [4.78, 5) is 15.6. The number of rotatable bonds is 13. The van der Waals surface area contributed by atoms with Gasteiger partial charge in [0.05, 0.1) is 20.3 Å². The van der Waals surface area contributed by atoms with Gasteiger partial charge < -0.3 is 9.47 Å². The molecule has 0 spiro atoms. The molecule has 6 heteroatoms. The molecule has 0 aromatic heterocycles. The fourth-order valence-electron chi connectivity index (χ4n) is 6.51. The third-order valence-electron chi connectivity index (χ3n) is 8.35. The molecule has 1 saturated heterocycles. The molecular formula is C32H43FN2O3. The van der Waals surface area contributed by atoms with Crippen LogP contribution in [0.4, 0.5) is 4.39 Å². The van der Waals surface area contributed by atoms with Crippen molar-refractivity contribution in [3.05, 3.63) is 59.4 Å². The number of nitriles is 1. The zero-order valence-corrected chi connectivity index (χ0v) is 23.6. The van der Waals surface area contributed by atoms with Crippen molar-refractivity contribution in [3.63, 3.8) is 0 Å². The highest BCUT2D eigenvalue weighted by Crippen LogP contribution is 2.46. The standard InChI is InChI=1S/C32H43FN2O3/c1-6-9-25(10-7-2)32(22-34,26-13-16-28(37-4)29(21-26)38-5)30(8-3)35-19-17-24(18-20-35)31(36)23-11-14-27(33)15-12-23/h11-16,21,24-25,30H,6-10,17-20H2,1-5H3. The van der Waals surface area contributed by atoms with Crippen LogP contribution in [0.15, 0.2) is 42.5 Å². The Morgan fingerprint density at radius 2 is 1.63 bits per heavy atom. The second kappa shape index (κ2) is 13.8. The molecule has 2 unspecified atom stereocenters. The van der Waals surface area contributed by atoms with Crippen LogP contribution < -0.4 is 9.47 Å². The summed E-state index contributed by atoms with van der Waals surface area (Å²) >= 11 is 0. The molecule has 2 aromatic carbocycles. The van der Waals surface area contributed by atoms with E-state index in [0.717, 1.165) is 63.6 Å². The molecule has 3 rings (SSSR count). The second-order valence-electron chi connectivity index (χ2n) is 10.4. The molecule has 2 atom stereocenters. The number of ether oxygens (including phenoxy) is 2. The van der Waals surface area contributed by atoms with Gasteiger partial charge in [0.1, 0.15) is 11.2 Å². The summed E-state index contributed by atoms with van der Waals surface area (Å²) in [6.07, 6.45) is 6.22. The molecule has 1 aliphatic rings. The van der Waals surface area contributed by atoms with Gasteiger partial charge in [0.2, 0.25) is 0 Å². The molecule has 1 aliphatic heterocycles. The molecule has 38 heavy (non-hydrogen) atoms. The van der Waals surface area contributed by atoms with Gasteiger partial charge in [0.15, 0.2) is 17.3 Å². The molecule has 1 heterocycles. The number of likely N-dealkylation sites (tertiary alicyclic amines) is 1. The lowest BCUT2D eigenvalue weighted by molar-refractivity contribution is 0.0564. The van der Waals surface area contributed by atoms with Gasteiger partial charge >= 0.3 is 0 Å².